The lowest BCUT2D eigenvalue weighted by molar-refractivity contribution is 0.0989. The first kappa shape index (κ1) is 19.6. The molecule has 1 saturated heterocycles. The first-order chi connectivity index (χ1) is 13.9. The Hall–Kier alpha value is -2.66. The van der Waals surface area contributed by atoms with Gasteiger partial charge in [-0.2, -0.15) is 15.5 Å². The van der Waals surface area contributed by atoms with Crippen LogP contribution >= 0.6 is 0 Å². The highest BCUT2D eigenvalue weighted by Crippen LogP contribution is 2.50. The number of aromatic nitrogens is 2. The predicted molar refractivity (Wildman–Crippen MR) is 102 cm³/mol. The largest absolute Gasteiger partial charge is 0.368 e. The third kappa shape index (κ3) is 4.20. The fourth-order valence-electron chi connectivity index (χ4n) is 3.98. The molecule has 1 aliphatic heterocycles. The highest BCUT2D eigenvalue weighted by molar-refractivity contribution is 5.62. The second-order valence-corrected chi connectivity index (χ2v) is 7.93. The topological polar surface area (TPSA) is 56.1 Å². The fraction of sp³-hybridized carbons (Fsp3) is 0.476. The molecule has 0 bridgehead atoms. The summed E-state index contributed by atoms with van der Waals surface area (Å²) in [7, 11) is 0. The van der Waals surface area contributed by atoms with Crippen molar-refractivity contribution in [3.05, 3.63) is 53.1 Å². The number of benzene rings is 1. The van der Waals surface area contributed by atoms with Gasteiger partial charge in [0, 0.05) is 50.8 Å². The van der Waals surface area contributed by atoms with Gasteiger partial charge in [0.05, 0.1) is 11.4 Å². The Bertz CT molecular complexity index is 928. The van der Waals surface area contributed by atoms with E-state index in [9.17, 15) is 18.4 Å². The summed E-state index contributed by atoms with van der Waals surface area (Å²) in [4.78, 5) is 4.24. The van der Waals surface area contributed by atoms with Crippen molar-refractivity contribution in [3.8, 4) is 6.07 Å². The summed E-state index contributed by atoms with van der Waals surface area (Å²) in [6.45, 7) is 4.67. The first-order valence-corrected chi connectivity index (χ1v) is 9.73. The molecule has 5 nitrogen and oxygen atoms in total. The number of nitrogens with zero attached hydrogens (tertiary/aromatic N) is 5. The minimum Gasteiger partial charge on any atom is -0.368 e. The number of piperazine rings is 1. The summed E-state index contributed by atoms with van der Waals surface area (Å²) in [6.07, 6.45) is 1.61. The minimum atomic E-state index is -2.65. The van der Waals surface area contributed by atoms with Gasteiger partial charge in [0.25, 0.3) is 5.92 Å². The van der Waals surface area contributed by atoms with Gasteiger partial charge in [0.2, 0.25) is 0 Å². The van der Waals surface area contributed by atoms with Crippen LogP contribution in [0.1, 0.15) is 30.2 Å². The quantitative estimate of drug-likeness (QED) is 0.769. The van der Waals surface area contributed by atoms with Crippen LogP contribution in [0.4, 0.5) is 18.9 Å². The maximum atomic E-state index is 14.5. The Balaban J connectivity index is 1.50. The normalized spacial score (nSPS) is 23.6. The van der Waals surface area contributed by atoms with Gasteiger partial charge in [-0.25, -0.2) is 13.2 Å². The van der Waals surface area contributed by atoms with E-state index in [1.54, 1.807) is 12.3 Å². The first-order valence-electron chi connectivity index (χ1n) is 9.73. The van der Waals surface area contributed by atoms with Crippen LogP contribution in [-0.4, -0.2) is 46.7 Å². The monoisotopic (exact) mass is 401 g/mol. The van der Waals surface area contributed by atoms with Crippen LogP contribution in [0.3, 0.4) is 0 Å². The van der Waals surface area contributed by atoms with Gasteiger partial charge in [-0.3, -0.25) is 4.90 Å². The van der Waals surface area contributed by atoms with E-state index < -0.39 is 17.7 Å². The maximum absolute atomic E-state index is 14.5. The molecule has 152 valence electrons. The van der Waals surface area contributed by atoms with Crippen molar-refractivity contribution in [1.29, 1.82) is 5.26 Å². The second-order valence-electron chi connectivity index (χ2n) is 7.93. The summed E-state index contributed by atoms with van der Waals surface area (Å²) < 4.78 is 41.1. The summed E-state index contributed by atoms with van der Waals surface area (Å²) in [5, 5.41) is 17.5. The molecule has 1 aliphatic carbocycles. The molecule has 2 atom stereocenters. The van der Waals surface area contributed by atoms with Gasteiger partial charge < -0.3 is 4.90 Å². The predicted octanol–water partition coefficient (Wildman–Crippen LogP) is 3.40. The summed E-state index contributed by atoms with van der Waals surface area (Å²) >= 11 is 0. The zero-order valence-electron chi connectivity index (χ0n) is 16.2. The van der Waals surface area contributed by atoms with Crippen molar-refractivity contribution in [2.75, 3.05) is 24.5 Å². The molecule has 2 fully saturated rings. The molecule has 1 aromatic carbocycles. The highest BCUT2D eigenvalue weighted by Gasteiger charge is 2.56. The Kier molecular flexibility index (Phi) is 5.17. The summed E-state index contributed by atoms with van der Waals surface area (Å²) in [6, 6.07) is 8.80. The molecule has 1 saturated carbocycles. The van der Waals surface area contributed by atoms with Crippen LogP contribution in [0.2, 0.25) is 0 Å². The highest BCUT2D eigenvalue weighted by atomic mass is 19.3. The molecule has 0 N–H and O–H groups in total. The molecule has 8 heteroatoms. The summed E-state index contributed by atoms with van der Waals surface area (Å²) in [5.41, 5.74) is 1.88. The third-order valence-electron chi connectivity index (χ3n) is 5.78. The molecule has 0 spiro atoms. The number of halogens is 3. The van der Waals surface area contributed by atoms with E-state index in [0.29, 0.717) is 30.9 Å². The standard InChI is InChI=1S/C21H22F3N5/c1-14-12-29(6-5-28(14)13-17-3-2-4-26-27-17)20-9-15(7-16-10-21(16,23)24)8-19(22)18(20)11-25/h2-4,8-9,14,16H,5-7,10,12-13H2,1H3/t14-,16?/m0/s1. The number of nitriles is 1. The summed E-state index contributed by atoms with van der Waals surface area (Å²) in [5.74, 6) is -4.02. The van der Waals surface area contributed by atoms with Crippen molar-refractivity contribution in [1.82, 2.24) is 15.1 Å². The van der Waals surface area contributed by atoms with Gasteiger partial charge in [-0.05, 0) is 43.2 Å². The lowest BCUT2D eigenvalue weighted by Gasteiger charge is -2.41. The van der Waals surface area contributed by atoms with Crippen LogP contribution in [0.5, 0.6) is 0 Å². The van der Waals surface area contributed by atoms with Crippen LogP contribution in [0.15, 0.2) is 30.5 Å². The molecule has 1 aromatic heterocycles. The van der Waals surface area contributed by atoms with E-state index in [-0.39, 0.29) is 24.4 Å². The zero-order chi connectivity index (χ0) is 20.6. The van der Waals surface area contributed by atoms with Gasteiger partial charge in [-0.1, -0.05) is 0 Å². The van der Waals surface area contributed by atoms with E-state index in [1.807, 2.05) is 23.1 Å². The Morgan fingerprint density at radius 1 is 1.31 bits per heavy atom. The number of hydrogen-bond acceptors (Lipinski definition) is 5. The molecule has 29 heavy (non-hydrogen) atoms. The van der Waals surface area contributed by atoms with Crippen molar-refractivity contribution >= 4 is 5.69 Å². The zero-order valence-corrected chi connectivity index (χ0v) is 16.2. The molecule has 0 amide bonds. The van der Waals surface area contributed by atoms with Crippen LogP contribution in [0, 0.1) is 23.1 Å². The second kappa shape index (κ2) is 7.64. The van der Waals surface area contributed by atoms with Crippen molar-refractivity contribution in [2.45, 2.75) is 38.3 Å². The SMILES string of the molecule is C[C@H]1CN(c2cc(CC3CC3(F)F)cc(F)c2C#N)CCN1Cc1cccnn1. The van der Waals surface area contributed by atoms with Crippen LogP contribution in [-0.2, 0) is 13.0 Å². The Labute approximate surface area is 167 Å². The fourth-order valence-corrected chi connectivity index (χ4v) is 3.98. The van der Waals surface area contributed by atoms with Crippen molar-refractivity contribution in [3.63, 3.8) is 0 Å². The van der Waals surface area contributed by atoms with Crippen molar-refractivity contribution in [2.24, 2.45) is 5.92 Å². The molecular weight excluding hydrogens is 379 g/mol. The van der Waals surface area contributed by atoms with Gasteiger partial charge in [0.15, 0.2) is 0 Å². The van der Waals surface area contributed by atoms with E-state index >= 15 is 0 Å². The molecule has 1 unspecified atom stereocenters. The lowest BCUT2D eigenvalue weighted by Crippen LogP contribution is -2.51. The molecular formula is C21H22F3N5. The average molecular weight is 401 g/mol. The Morgan fingerprint density at radius 3 is 2.72 bits per heavy atom. The number of hydrogen-bond donors (Lipinski definition) is 0. The third-order valence-corrected chi connectivity index (χ3v) is 5.78. The number of alkyl halides is 2. The van der Waals surface area contributed by atoms with Crippen LogP contribution < -0.4 is 4.90 Å². The molecule has 2 heterocycles. The lowest BCUT2D eigenvalue weighted by atomic mass is 10.0. The van der Waals surface area contributed by atoms with E-state index in [1.165, 1.54) is 6.07 Å². The van der Waals surface area contributed by atoms with Crippen LogP contribution in [0.25, 0.3) is 0 Å². The Morgan fingerprint density at radius 2 is 2.10 bits per heavy atom. The van der Waals surface area contributed by atoms with E-state index in [4.69, 9.17) is 0 Å². The van der Waals surface area contributed by atoms with Crippen molar-refractivity contribution < 1.29 is 13.2 Å². The van der Waals surface area contributed by atoms with Gasteiger partial charge in [-0.15, -0.1) is 0 Å². The van der Waals surface area contributed by atoms with Gasteiger partial charge in [0.1, 0.15) is 17.4 Å². The minimum absolute atomic E-state index is 0.0223. The van der Waals surface area contributed by atoms with E-state index in [2.05, 4.69) is 22.0 Å². The average Bonchev–Trinajstić information content (AvgIpc) is 3.29. The smallest absolute Gasteiger partial charge is 0.251 e. The maximum Gasteiger partial charge on any atom is 0.251 e. The molecule has 0 radical (unpaired) electrons. The molecule has 2 aromatic rings. The number of anilines is 1. The van der Waals surface area contributed by atoms with Gasteiger partial charge >= 0.3 is 0 Å². The molecule has 4 rings (SSSR count). The number of rotatable bonds is 5. The molecule has 2 aliphatic rings. The van der Waals surface area contributed by atoms with E-state index in [0.717, 1.165) is 12.2 Å².